The summed E-state index contributed by atoms with van der Waals surface area (Å²) >= 11 is 0. The van der Waals surface area contributed by atoms with Crippen LogP contribution >= 0.6 is 0 Å². The van der Waals surface area contributed by atoms with Gasteiger partial charge in [-0.25, -0.2) is 4.79 Å². The summed E-state index contributed by atoms with van der Waals surface area (Å²) in [5.41, 5.74) is -0.980. The third-order valence-corrected chi connectivity index (χ3v) is 2.81. The van der Waals surface area contributed by atoms with Crippen LogP contribution in [0.3, 0.4) is 0 Å². The van der Waals surface area contributed by atoms with Crippen molar-refractivity contribution in [2.24, 2.45) is 0 Å². The third kappa shape index (κ3) is 4.24. The minimum Gasteiger partial charge on any atom is -0.481 e. The molecule has 0 fully saturated rings. The van der Waals surface area contributed by atoms with E-state index in [0.717, 1.165) is 12.1 Å². The number of nitro groups is 1. The maximum atomic E-state index is 11.5. The van der Waals surface area contributed by atoms with Gasteiger partial charge in [0.2, 0.25) is 0 Å². The van der Waals surface area contributed by atoms with Crippen LogP contribution in [0.1, 0.15) is 35.4 Å². The van der Waals surface area contributed by atoms with Crippen LogP contribution in [0.25, 0.3) is 0 Å². The van der Waals surface area contributed by atoms with Crippen molar-refractivity contribution in [2.75, 3.05) is 6.61 Å². The number of aliphatic hydroxyl groups is 2. The quantitative estimate of drug-likeness (QED) is 0.377. The normalized spacial score (nSPS) is 13.2. The van der Waals surface area contributed by atoms with E-state index >= 15 is 0 Å². The van der Waals surface area contributed by atoms with Gasteiger partial charge in [-0.05, 0) is 19.1 Å². The Bertz CT molecular complexity index is 585. The van der Waals surface area contributed by atoms with Crippen molar-refractivity contribution in [3.8, 4) is 0 Å². The number of carboxylic acids is 1. The summed E-state index contributed by atoms with van der Waals surface area (Å²) in [6.45, 7) is 1.67. The Morgan fingerprint density at radius 3 is 2.50 bits per heavy atom. The predicted octanol–water partition coefficient (Wildman–Crippen LogP) is 0.641. The van der Waals surface area contributed by atoms with Crippen LogP contribution in [0.2, 0.25) is 0 Å². The molecule has 0 aliphatic heterocycles. The van der Waals surface area contributed by atoms with Gasteiger partial charge in [0.25, 0.3) is 5.69 Å². The van der Waals surface area contributed by atoms with Crippen molar-refractivity contribution >= 4 is 17.6 Å². The first kappa shape index (κ1) is 17.5. The van der Waals surface area contributed by atoms with Crippen molar-refractivity contribution < 1.29 is 34.6 Å². The minimum absolute atomic E-state index is 0.0859. The van der Waals surface area contributed by atoms with Gasteiger partial charge in [-0.1, -0.05) is 0 Å². The van der Waals surface area contributed by atoms with Crippen molar-refractivity contribution in [1.82, 2.24) is 0 Å². The lowest BCUT2D eigenvalue weighted by atomic mass is 9.99. The van der Waals surface area contributed by atoms with Gasteiger partial charge in [0.05, 0.1) is 35.2 Å². The Labute approximate surface area is 124 Å². The van der Waals surface area contributed by atoms with Crippen LogP contribution < -0.4 is 0 Å². The Kier molecular flexibility index (Phi) is 5.96. The molecular weight excluding hydrogens is 298 g/mol. The van der Waals surface area contributed by atoms with Crippen LogP contribution in [-0.2, 0) is 9.53 Å². The van der Waals surface area contributed by atoms with Gasteiger partial charge in [-0.3, -0.25) is 14.9 Å². The lowest BCUT2D eigenvalue weighted by molar-refractivity contribution is -0.386. The van der Waals surface area contributed by atoms with E-state index in [-0.39, 0.29) is 17.7 Å². The molecule has 3 N–H and O–H groups in total. The van der Waals surface area contributed by atoms with Gasteiger partial charge in [0.1, 0.15) is 6.10 Å². The van der Waals surface area contributed by atoms with Gasteiger partial charge >= 0.3 is 11.9 Å². The summed E-state index contributed by atoms with van der Waals surface area (Å²) in [5.74, 6) is -2.13. The van der Waals surface area contributed by atoms with Crippen molar-refractivity contribution in [3.63, 3.8) is 0 Å². The summed E-state index contributed by atoms with van der Waals surface area (Å²) in [5, 5.41) is 39.0. The van der Waals surface area contributed by atoms with Gasteiger partial charge in [0, 0.05) is 6.07 Å². The maximum Gasteiger partial charge on any atom is 0.338 e. The molecule has 0 aromatic heterocycles. The van der Waals surface area contributed by atoms with Crippen molar-refractivity contribution in [3.05, 3.63) is 39.4 Å². The Morgan fingerprint density at radius 1 is 1.36 bits per heavy atom. The van der Waals surface area contributed by atoms with Crippen molar-refractivity contribution in [2.45, 2.75) is 25.6 Å². The first-order valence-electron chi connectivity index (χ1n) is 6.31. The molecule has 0 spiro atoms. The second-order valence-corrected chi connectivity index (χ2v) is 4.36. The fourth-order valence-electron chi connectivity index (χ4n) is 1.79. The number of carbonyl (C=O) groups is 2. The lowest BCUT2D eigenvalue weighted by Crippen LogP contribution is -2.22. The Balaban J connectivity index is 3.17. The molecule has 0 aliphatic rings. The van der Waals surface area contributed by atoms with E-state index in [0.29, 0.717) is 0 Å². The average Bonchev–Trinajstić information content (AvgIpc) is 2.45. The molecule has 0 radical (unpaired) electrons. The van der Waals surface area contributed by atoms with Crippen molar-refractivity contribution in [1.29, 1.82) is 0 Å². The molecule has 0 aliphatic carbocycles. The summed E-state index contributed by atoms with van der Waals surface area (Å²) in [6.07, 6.45) is -4.27. The number of carboxylic acid groups (broad SMARTS) is 1. The summed E-state index contributed by atoms with van der Waals surface area (Å²) in [7, 11) is 0. The number of ether oxygens (including phenoxy) is 1. The first-order valence-corrected chi connectivity index (χ1v) is 6.31. The lowest BCUT2D eigenvalue weighted by Gasteiger charge is -2.16. The molecule has 1 aromatic carbocycles. The molecule has 2 unspecified atom stereocenters. The van der Waals surface area contributed by atoms with E-state index in [1.54, 1.807) is 6.92 Å². The van der Waals surface area contributed by atoms with Crippen LogP contribution in [0.5, 0.6) is 0 Å². The number of hydrogen-bond donors (Lipinski definition) is 3. The maximum absolute atomic E-state index is 11.5. The zero-order chi connectivity index (χ0) is 16.9. The fraction of sp³-hybridized carbons (Fsp3) is 0.385. The van der Waals surface area contributed by atoms with Gasteiger partial charge < -0.3 is 20.1 Å². The van der Waals surface area contributed by atoms with E-state index in [1.165, 1.54) is 6.07 Å². The summed E-state index contributed by atoms with van der Waals surface area (Å²) in [6, 6.07) is 3.18. The molecule has 0 saturated heterocycles. The molecule has 9 nitrogen and oxygen atoms in total. The highest BCUT2D eigenvalue weighted by molar-refractivity contribution is 5.90. The average molecular weight is 313 g/mol. The smallest absolute Gasteiger partial charge is 0.338 e. The minimum atomic E-state index is -1.77. The summed E-state index contributed by atoms with van der Waals surface area (Å²) in [4.78, 5) is 32.3. The molecule has 1 aromatic rings. The van der Waals surface area contributed by atoms with E-state index < -0.39 is 41.2 Å². The molecule has 0 bridgehead atoms. The van der Waals surface area contributed by atoms with Gasteiger partial charge in [0.15, 0.2) is 0 Å². The Hall–Kier alpha value is -2.52. The highest BCUT2D eigenvalue weighted by Gasteiger charge is 2.29. The molecular formula is C13H15NO8. The van der Waals surface area contributed by atoms with Crippen LogP contribution in [0.4, 0.5) is 5.69 Å². The number of benzene rings is 1. The molecule has 22 heavy (non-hydrogen) atoms. The van der Waals surface area contributed by atoms with Crippen LogP contribution in [-0.4, -0.2) is 44.9 Å². The largest absolute Gasteiger partial charge is 0.481 e. The number of aliphatic hydroxyl groups excluding tert-OH is 2. The second kappa shape index (κ2) is 7.48. The molecule has 120 valence electrons. The molecule has 2 atom stereocenters. The van der Waals surface area contributed by atoms with E-state index in [9.17, 15) is 29.9 Å². The third-order valence-electron chi connectivity index (χ3n) is 2.81. The number of aliphatic carboxylic acids is 1. The topological polar surface area (TPSA) is 147 Å². The number of hydrogen-bond acceptors (Lipinski definition) is 7. The number of nitrogens with zero attached hydrogens (tertiary/aromatic N) is 1. The summed E-state index contributed by atoms with van der Waals surface area (Å²) < 4.78 is 4.71. The van der Waals surface area contributed by atoms with Gasteiger partial charge in [-0.15, -0.1) is 0 Å². The molecule has 0 amide bonds. The zero-order valence-corrected chi connectivity index (χ0v) is 11.6. The van der Waals surface area contributed by atoms with E-state index in [2.05, 4.69) is 0 Å². The fourth-order valence-corrected chi connectivity index (χ4v) is 1.79. The van der Waals surface area contributed by atoms with E-state index in [1.807, 2.05) is 0 Å². The predicted molar refractivity (Wildman–Crippen MR) is 72.3 cm³/mol. The molecule has 0 heterocycles. The molecule has 0 saturated carbocycles. The number of nitro benzene ring substituents is 1. The Morgan fingerprint density at radius 2 is 2.00 bits per heavy atom. The van der Waals surface area contributed by atoms with Crippen LogP contribution in [0.15, 0.2) is 18.2 Å². The first-order chi connectivity index (χ1) is 10.3. The number of esters is 1. The van der Waals surface area contributed by atoms with Gasteiger partial charge in [-0.2, -0.15) is 0 Å². The second-order valence-electron chi connectivity index (χ2n) is 4.36. The highest BCUT2D eigenvalue weighted by Crippen LogP contribution is 2.29. The zero-order valence-electron chi connectivity index (χ0n) is 11.6. The number of carbonyl (C=O) groups excluding carboxylic acids is 1. The monoisotopic (exact) mass is 313 g/mol. The number of rotatable bonds is 7. The molecule has 9 heteroatoms. The SMILES string of the molecule is CCOC(=O)c1ccc(C(O)C(O)CC(=O)O)c([N+](=O)[O-])c1. The van der Waals surface area contributed by atoms with E-state index in [4.69, 9.17) is 9.84 Å². The molecule has 1 rings (SSSR count). The van der Waals surface area contributed by atoms with Crippen LogP contribution in [0, 0.1) is 10.1 Å². The standard InChI is InChI=1S/C13H15NO8/c1-2-22-13(19)7-3-4-8(9(5-7)14(20)21)12(18)10(15)6-11(16)17/h3-5,10,12,15,18H,2,6H2,1H3,(H,16,17). The highest BCUT2D eigenvalue weighted by atomic mass is 16.6.